The summed E-state index contributed by atoms with van der Waals surface area (Å²) in [5.41, 5.74) is 0.886. The fourth-order valence-electron chi connectivity index (χ4n) is 2.44. The molecule has 5 heteroatoms. The molecule has 1 aliphatic heterocycles. The molecule has 0 radical (unpaired) electrons. The third-order valence-electron chi connectivity index (χ3n) is 3.26. The summed E-state index contributed by atoms with van der Waals surface area (Å²) in [6, 6.07) is 2.07. The molecule has 1 aromatic heterocycles. The van der Waals surface area contributed by atoms with Gasteiger partial charge < -0.3 is 10.1 Å². The zero-order valence-electron chi connectivity index (χ0n) is 10.1. The normalized spacial score (nSPS) is 26.4. The van der Waals surface area contributed by atoms with Crippen LogP contribution in [0.5, 0.6) is 0 Å². The molecule has 2 rings (SSSR count). The van der Waals surface area contributed by atoms with Gasteiger partial charge >= 0.3 is 0 Å². The van der Waals surface area contributed by atoms with Gasteiger partial charge in [0.25, 0.3) is 0 Å². The van der Waals surface area contributed by atoms with Gasteiger partial charge in [0.2, 0.25) is 0 Å². The molecular weight excluding hydrogens is 277 g/mol. The molecule has 2 atom stereocenters. The number of rotatable bonds is 4. The Morgan fingerprint density at radius 3 is 2.82 bits per heavy atom. The molecule has 0 spiro atoms. The zero-order chi connectivity index (χ0) is 12.5. The van der Waals surface area contributed by atoms with Crippen LogP contribution in [0.1, 0.15) is 38.3 Å². The summed E-state index contributed by atoms with van der Waals surface area (Å²) in [6.07, 6.45) is 2.16. The predicted molar refractivity (Wildman–Crippen MR) is 74.3 cm³/mol. The molecule has 0 aromatic carbocycles. The van der Waals surface area contributed by atoms with Gasteiger partial charge in [-0.05, 0) is 32.4 Å². The Morgan fingerprint density at radius 1 is 1.59 bits per heavy atom. The van der Waals surface area contributed by atoms with Crippen LogP contribution in [0, 0.1) is 0 Å². The van der Waals surface area contributed by atoms with Crippen molar-refractivity contribution in [1.82, 2.24) is 5.32 Å². The molecule has 2 heterocycles. The quantitative estimate of drug-likeness (QED) is 0.895. The SMILES string of the molecule is CCNC(c1cc(Cl)sc1Cl)C1(C)CCCO1. The number of hydrogen-bond acceptors (Lipinski definition) is 3. The minimum absolute atomic E-state index is 0.117. The minimum Gasteiger partial charge on any atom is -0.373 e. The number of ether oxygens (including phenoxy) is 1. The van der Waals surface area contributed by atoms with Gasteiger partial charge in [-0.2, -0.15) is 0 Å². The molecule has 1 aromatic rings. The number of hydrogen-bond donors (Lipinski definition) is 1. The van der Waals surface area contributed by atoms with E-state index in [0.717, 1.165) is 40.2 Å². The van der Waals surface area contributed by atoms with Crippen LogP contribution < -0.4 is 5.32 Å². The van der Waals surface area contributed by atoms with Gasteiger partial charge in [0, 0.05) is 12.2 Å². The monoisotopic (exact) mass is 293 g/mol. The molecular formula is C12H17Cl2NOS. The molecule has 2 nitrogen and oxygen atoms in total. The second kappa shape index (κ2) is 5.45. The number of likely N-dealkylation sites (N-methyl/N-ethyl adjacent to an activating group) is 1. The van der Waals surface area contributed by atoms with Crippen LogP contribution in [-0.2, 0) is 4.74 Å². The van der Waals surface area contributed by atoms with E-state index in [2.05, 4.69) is 19.2 Å². The van der Waals surface area contributed by atoms with Gasteiger partial charge in [-0.3, -0.25) is 0 Å². The lowest BCUT2D eigenvalue weighted by Crippen LogP contribution is -2.41. The van der Waals surface area contributed by atoms with Gasteiger partial charge in [0.05, 0.1) is 20.3 Å². The van der Waals surface area contributed by atoms with Crippen molar-refractivity contribution in [3.8, 4) is 0 Å². The van der Waals surface area contributed by atoms with Crippen LogP contribution in [0.3, 0.4) is 0 Å². The van der Waals surface area contributed by atoms with E-state index < -0.39 is 0 Å². The fraction of sp³-hybridized carbons (Fsp3) is 0.667. The molecule has 96 valence electrons. The highest BCUT2D eigenvalue weighted by Crippen LogP contribution is 2.43. The molecule has 1 fully saturated rings. The second-order valence-corrected chi connectivity index (χ2v) is 6.82. The van der Waals surface area contributed by atoms with Crippen LogP contribution in [0.2, 0.25) is 8.67 Å². The maximum Gasteiger partial charge on any atom is 0.0993 e. The van der Waals surface area contributed by atoms with E-state index in [0.29, 0.717) is 0 Å². The largest absolute Gasteiger partial charge is 0.373 e. The van der Waals surface area contributed by atoms with Crippen LogP contribution in [0.4, 0.5) is 0 Å². The first-order valence-electron chi connectivity index (χ1n) is 5.89. The Morgan fingerprint density at radius 2 is 2.35 bits per heavy atom. The van der Waals surface area contributed by atoms with Gasteiger partial charge in [-0.1, -0.05) is 30.1 Å². The summed E-state index contributed by atoms with van der Waals surface area (Å²) >= 11 is 13.7. The molecule has 0 aliphatic carbocycles. The van der Waals surface area contributed by atoms with Crippen molar-refractivity contribution in [3.63, 3.8) is 0 Å². The summed E-state index contributed by atoms with van der Waals surface area (Å²) in [7, 11) is 0. The zero-order valence-corrected chi connectivity index (χ0v) is 12.4. The third-order valence-corrected chi connectivity index (χ3v) is 4.78. The molecule has 1 N–H and O–H groups in total. The van der Waals surface area contributed by atoms with Gasteiger partial charge in [-0.15, -0.1) is 11.3 Å². The summed E-state index contributed by atoms with van der Waals surface area (Å²) < 4.78 is 7.41. The maximum absolute atomic E-state index is 6.25. The Kier molecular flexibility index (Phi) is 4.37. The molecule has 1 saturated heterocycles. The fourth-order valence-corrected chi connectivity index (χ4v) is 3.97. The maximum atomic E-state index is 6.25. The lowest BCUT2D eigenvalue weighted by atomic mass is 9.89. The molecule has 0 bridgehead atoms. The van der Waals surface area contributed by atoms with E-state index in [1.165, 1.54) is 11.3 Å². The number of halogens is 2. The molecule has 0 saturated carbocycles. The van der Waals surface area contributed by atoms with Crippen molar-refractivity contribution in [2.75, 3.05) is 13.2 Å². The summed E-state index contributed by atoms with van der Waals surface area (Å²) in [4.78, 5) is 0. The first-order chi connectivity index (χ1) is 8.07. The van der Waals surface area contributed by atoms with Crippen molar-refractivity contribution < 1.29 is 4.74 Å². The highest BCUT2D eigenvalue weighted by molar-refractivity contribution is 7.20. The van der Waals surface area contributed by atoms with Crippen LogP contribution >= 0.6 is 34.5 Å². The average molecular weight is 294 g/mol. The van der Waals surface area contributed by atoms with E-state index in [-0.39, 0.29) is 11.6 Å². The number of nitrogens with one attached hydrogen (secondary N) is 1. The van der Waals surface area contributed by atoms with E-state index in [1.807, 2.05) is 6.07 Å². The van der Waals surface area contributed by atoms with E-state index in [4.69, 9.17) is 27.9 Å². The summed E-state index contributed by atoms with van der Waals surface area (Å²) in [5, 5.41) is 3.47. The summed E-state index contributed by atoms with van der Waals surface area (Å²) in [6.45, 7) is 5.95. The predicted octanol–water partition coefficient (Wildman–Crippen LogP) is 4.27. The molecule has 2 unspecified atom stereocenters. The lowest BCUT2D eigenvalue weighted by molar-refractivity contribution is -0.0119. The van der Waals surface area contributed by atoms with Crippen molar-refractivity contribution >= 4 is 34.5 Å². The Bertz CT molecular complexity index is 388. The van der Waals surface area contributed by atoms with Crippen LogP contribution in [0.25, 0.3) is 0 Å². The highest BCUT2D eigenvalue weighted by atomic mass is 35.5. The van der Waals surface area contributed by atoms with Gasteiger partial charge in [-0.25, -0.2) is 0 Å². The van der Waals surface area contributed by atoms with Crippen LogP contribution in [-0.4, -0.2) is 18.8 Å². The second-order valence-electron chi connectivity index (χ2n) is 4.53. The third kappa shape index (κ3) is 2.79. The van der Waals surface area contributed by atoms with Crippen molar-refractivity contribution in [3.05, 3.63) is 20.3 Å². The minimum atomic E-state index is -0.177. The summed E-state index contributed by atoms with van der Waals surface area (Å²) in [5.74, 6) is 0. The highest BCUT2D eigenvalue weighted by Gasteiger charge is 2.40. The Balaban J connectivity index is 2.31. The smallest absolute Gasteiger partial charge is 0.0993 e. The Hall–Kier alpha value is 0.200. The molecule has 0 amide bonds. The van der Waals surface area contributed by atoms with E-state index in [1.54, 1.807) is 0 Å². The van der Waals surface area contributed by atoms with Crippen LogP contribution in [0.15, 0.2) is 6.07 Å². The van der Waals surface area contributed by atoms with Crippen molar-refractivity contribution in [2.24, 2.45) is 0 Å². The lowest BCUT2D eigenvalue weighted by Gasteiger charge is -2.34. The van der Waals surface area contributed by atoms with E-state index >= 15 is 0 Å². The van der Waals surface area contributed by atoms with E-state index in [9.17, 15) is 0 Å². The molecule has 17 heavy (non-hydrogen) atoms. The average Bonchev–Trinajstić information content (AvgIpc) is 2.83. The van der Waals surface area contributed by atoms with Crippen molar-refractivity contribution in [2.45, 2.75) is 38.3 Å². The Labute approximate surface area is 116 Å². The van der Waals surface area contributed by atoms with Crippen molar-refractivity contribution in [1.29, 1.82) is 0 Å². The standard InChI is InChI=1S/C12H17Cl2NOS/c1-3-15-10(12(2)5-4-6-16-12)8-7-9(13)17-11(8)14/h7,10,15H,3-6H2,1-2H3. The number of thiophene rings is 1. The first-order valence-corrected chi connectivity index (χ1v) is 7.46. The van der Waals surface area contributed by atoms with Gasteiger partial charge in [0.15, 0.2) is 0 Å². The molecule has 1 aliphatic rings. The van der Waals surface area contributed by atoms with Gasteiger partial charge in [0.1, 0.15) is 0 Å². The first kappa shape index (κ1) is 13.6. The topological polar surface area (TPSA) is 21.3 Å².